The van der Waals surface area contributed by atoms with Gasteiger partial charge < -0.3 is 0 Å². The van der Waals surface area contributed by atoms with Crippen molar-refractivity contribution in [3.8, 4) is 0 Å². The molecule has 0 spiro atoms. The summed E-state index contributed by atoms with van der Waals surface area (Å²) in [7, 11) is 0. The standard InChI is InChI=1S/C20H17ClN4O3/c1-2-25-20(28)16-9-4-3-8-15(16)18(24-25)19(27)23-22-17(26)11-10-13-6-5-7-14(21)12-13/h3-12H,2H2,1H3,(H,22,26)(H,23,27)/b11-10+. The summed E-state index contributed by atoms with van der Waals surface area (Å²) in [6.07, 6.45) is 2.84. The second-order valence-electron chi connectivity index (χ2n) is 5.85. The van der Waals surface area contributed by atoms with Gasteiger partial charge in [0.15, 0.2) is 5.69 Å². The molecule has 0 saturated heterocycles. The number of benzene rings is 2. The minimum atomic E-state index is -0.622. The fraction of sp³-hybridized carbons (Fsp3) is 0.100. The molecule has 0 aliphatic rings. The molecule has 0 atom stereocenters. The fourth-order valence-electron chi connectivity index (χ4n) is 2.62. The SMILES string of the molecule is CCn1nc(C(=O)NNC(=O)/C=C/c2cccc(Cl)c2)c2ccccc2c1=O. The normalized spacial score (nSPS) is 10.9. The van der Waals surface area contributed by atoms with Crippen molar-refractivity contribution in [3.05, 3.63) is 81.2 Å². The number of aryl methyl sites for hydroxylation is 1. The molecule has 142 valence electrons. The molecular formula is C20H17ClN4O3. The van der Waals surface area contributed by atoms with Crippen molar-refractivity contribution in [1.82, 2.24) is 20.6 Å². The summed E-state index contributed by atoms with van der Waals surface area (Å²) >= 11 is 5.89. The average molecular weight is 397 g/mol. The molecule has 0 aliphatic heterocycles. The van der Waals surface area contributed by atoms with Crippen LogP contribution in [0.25, 0.3) is 16.8 Å². The Bertz CT molecular complexity index is 1140. The second kappa shape index (κ2) is 8.49. The van der Waals surface area contributed by atoms with E-state index in [1.165, 1.54) is 10.8 Å². The summed E-state index contributed by atoms with van der Waals surface area (Å²) in [6, 6.07) is 13.7. The Labute approximate surface area is 165 Å². The first-order valence-corrected chi connectivity index (χ1v) is 8.91. The minimum Gasteiger partial charge on any atom is -0.268 e. The van der Waals surface area contributed by atoms with Crippen molar-refractivity contribution in [2.75, 3.05) is 0 Å². The molecule has 3 rings (SSSR count). The number of aromatic nitrogens is 2. The van der Waals surface area contributed by atoms with Crippen molar-refractivity contribution in [3.63, 3.8) is 0 Å². The number of carbonyl (C=O) groups is 2. The lowest BCUT2D eigenvalue weighted by atomic mass is 10.1. The lowest BCUT2D eigenvalue weighted by Gasteiger charge is -2.10. The summed E-state index contributed by atoms with van der Waals surface area (Å²) < 4.78 is 1.21. The lowest BCUT2D eigenvalue weighted by molar-refractivity contribution is -0.117. The van der Waals surface area contributed by atoms with E-state index in [0.717, 1.165) is 5.56 Å². The van der Waals surface area contributed by atoms with Crippen molar-refractivity contribution >= 4 is 40.3 Å². The minimum absolute atomic E-state index is 0.0520. The van der Waals surface area contributed by atoms with Crippen LogP contribution < -0.4 is 16.4 Å². The van der Waals surface area contributed by atoms with Crippen LogP contribution in [0.15, 0.2) is 59.4 Å². The van der Waals surface area contributed by atoms with E-state index in [9.17, 15) is 14.4 Å². The Hall–Kier alpha value is -3.45. The lowest BCUT2D eigenvalue weighted by Crippen LogP contribution is -2.42. The molecule has 0 aliphatic carbocycles. The van der Waals surface area contributed by atoms with E-state index in [-0.39, 0.29) is 11.3 Å². The molecule has 0 radical (unpaired) electrons. The highest BCUT2D eigenvalue weighted by Crippen LogP contribution is 2.13. The number of hydrazine groups is 1. The largest absolute Gasteiger partial charge is 0.290 e. The van der Waals surface area contributed by atoms with Gasteiger partial charge in [-0.1, -0.05) is 41.9 Å². The fourth-order valence-corrected chi connectivity index (χ4v) is 2.82. The number of halogens is 1. The molecule has 0 fully saturated rings. The number of rotatable bonds is 4. The Morgan fingerprint density at radius 2 is 1.86 bits per heavy atom. The predicted molar refractivity (Wildman–Crippen MR) is 108 cm³/mol. The average Bonchev–Trinajstić information content (AvgIpc) is 2.71. The zero-order valence-electron chi connectivity index (χ0n) is 15.0. The van der Waals surface area contributed by atoms with E-state index >= 15 is 0 Å². The van der Waals surface area contributed by atoms with Gasteiger partial charge in [-0.15, -0.1) is 0 Å². The highest BCUT2D eigenvalue weighted by atomic mass is 35.5. The first kappa shape index (κ1) is 19.3. The molecule has 7 nitrogen and oxygen atoms in total. The molecule has 0 bridgehead atoms. The highest BCUT2D eigenvalue weighted by Gasteiger charge is 2.16. The van der Waals surface area contributed by atoms with Crippen LogP contribution in [0.5, 0.6) is 0 Å². The van der Waals surface area contributed by atoms with Crippen LogP contribution in [0.2, 0.25) is 5.02 Å². The van der Waals surface area contributed by atoms with Gasteiger partial charge in [0.2, 0.25) is 0 Å². The van der Waals surface area contributed by atoms with Gasteiger partial charge in [-0.2, -0.15) is 5.10 Å². The van der Waals surface area contributed by atoms with Crippen molar-refractivity contribution < 1.29 is 9.59 Å². The van der Waals surface area contributed by atoms with E-state index in [1.807, 2.05) is 0 Å². The molecule has 2 amide bonds. The zero-order chi connectivity index (χ0) is 20.1. The van der Waals surface area contributed by atoms with Crippen LogP contribution in [-0.4, -0.2) is 21.6 Å². The van der Waals surface area contributed by atoms with Crippen LogP contribution in [0.1, 0.15) is 23.0 Å². The van der Waals surface area contributed by atoms with Gasteiger partial charge in [-0.3, -0.25) is 25.2 Å². The third-order valence-corrected chi connectivity index (χ3v) is 4.19. The quantitative estimate of drug-likeness (QED) is 0.523. The maximum Gasteiger partial charge on any atom is 0.290 e. The van der Waals surface area contributed by atoms with Crippen LogP contribution in [-0.2, 0) is 11.3 Å². The van der Waals surface area contributed by atoms with E-state index in [2.05, 4.69) is 16.0 Å². The number of hydrogen-bond acceptors (Lipinski definition) is 4. The van der Waals surface area contributed by atoms with E-state index in [4.69, 9.17) is 11.6 Å². The van der Waals surface area contributed by atoms with Gasteiger partial charge in [0.1, 0.15) is 0 Å². The second-order valence-corrected chi connectivity index (χ2v) is 6.28. The van der Waals surface area contributed by atoms with Gasteiger partial charge in [-0.25, -0.2) is 4.68 Å². The molecule has 1 heterocycles. The van der Waals surface area contributed by atoms with Gasteiger partial charge in [0, 0.05) is 23.0 Å². The number of nitrogens with zero attached hydrogens (tertiary/aromatic N) is 2. The Morgan fingerprint density at radius 1 is 1.11 bits per heavy atom. The van der Waals surface area contributed by atoms with E-state index in [1.54, 1.807) is 61.5 Å². The topological polar surface area (TPSA) is 93.1 Å². The maximum atomic E-state index is 12.5. The first-order valence-electron chi connectivity index (χ1n) is 8.53. The number of carbonyl (C=O) groups excluding carboxylic acids is 2. The summed E-state index contributed by atoms with van der Waals surface area (Å²) in [5, 5.41) is 5.46. The Kier molecular flexibility index (Phi) is 5.86. The van der Waals surface area contributed by atoms with E-state index in [0.29, 0.717) is 22.3 Å². The molecule has 2 aromatic carbocycles. The number of hydrogen-bond donors (Lipinski definition) is 2. The van der Waals surface area contributed by atoms with E-state index < -0.39 is 11.8 Å². The summed E-state index contributed by atoms with van der Waals surface area (Å²) in [5.74, 6) is -1.15. The Balaban J connectivity index is 1.75. The van der Waals surface area contributed by atoms with Crippen molar-refractivity contribution in [2.24, 2.45) is 0 Å². The van der Waals surface area contributed by atoms with Crippen LogP contribution in [0, 0.1) is 0 Å². The third-order valence-electron chi connectivity index (χ3n) is 3.96. The summed E-state index contributed by atoms with van der Waals surface area (Å²) in [5.41, 5.74) is 5.14. The molecule has 28 heavy (non-hydrogen) atoms. The van der Waals surface area contributed by atoms with Crippen molar-refractivity contribution in [2.45, 2.75) is 13.5 Å². The molecule has 8 heteroatoms. The number of amides is 2. The molecule has 0 saturated carbocycles. The first-order chi connectivity index (χ1) is 13.5. The third kappa shape index (κ3) is 4.27. The summed E-state index contributed by atoms with van der Waals surface area (Å²) in [4.78, 5) is 36.8. The monoisotopic (exact) mass is 396 g/mol. The molecular weight excluding hydrogens is 380 g/mol. The maximum absolute atomic E-state index is 12.5. The van der Waals surface area contributed by atoms with Crippen LogP contribution in [0.3, 0.4) is 0 Å². The van der Waals surface area contributed by atoms with Crippen LogP contribution in [0.4, 0.5) is 0 Å². The van der Waals surface area contributed by atoms with Gasteiger partial charge in [0.25, 0.3) is 17.4 Å². The smallest absolute Gasteiger partial charge is 0.268 e. The highest BCUT2D eigenvalue weighted by molar-refractivity contribution is 6.30. The van der Waals surface area contributed by atoms with Crippen molar-refractivity contribution in [1.29, 1.82) is 0 Å². The predicted octanol–water partition coefficient (Wildman–Crippen LogP) is 2.54. The van der Waals surface area contributed by atoms with Gasteiger partial charge >= 0.3 is 0 Å². The number of nitrogens with one attached hydrogen (secondary N) is 2. The number of fused-ring (bicyclic) bond motifs is 1. The Morgan fingerprint density at radius 3 is 2.57 bits per heavy atom. The van der Waals surface area contributed by atoms with Gasteiger partial charge in [-0.05, 0) is 36.8 Å². The molecule has 1 aromatic heterocycles. The molecule has 3 aromatic rings. The molecule has 2 N–H and O–H groups in total. The van der Waals surface area contributed by atoms with Crippen LogP contribution >= 0.6 is 11.6 Å². The summed E-state index contributed by atoms with van der Waals surface area (Å²) in [6.45, 7) is 2.08. The zero-order valence-corrected chi connectivity index (χ0v) is 15.7. The molecule has 0 unspecified atom stereocenters. The van der Waals surface area contributed by atoms with Gasteiger partial charge in [0.05, 0.1) is 5.39 Å².